The Hall–Kier alpha value is -3.10. The van der Waals surface area contributed by atoms with Crippen molar-refractivity contribution in [2.24, 2.45) is 21.7 Å². The molecule has 8 nitrogen and oxygen atoms in total. The molecule has 1 aromatic heterocycles. The number of aliphatic imine (C=N–C) groups is 1. The van der Waals surface area contributed by atoms with Crippen molar-refractivity contribution in [1.82, 2.24) is 25.6 Å². The van der Waals surface area contributed by atoms with Gasteiger partial charge < -0.3 is 10.2 Å². The minimum absolute atomic E-state index is 0.0647. The number of halogens is 2. The molecule has 44 heavy (non-hydrogen) atoms. The zero-order valence-corrected chi connectivity index (χ0v) is 28.1. The van der Waals surface area contributed by atoms with E-state index in [0.29, 0.717) is 45.2 Å². The van der Waals surface area contributed by atoms with E-state index in [1.54, 1.807) is 18.2 Å². The van der Waals surface area contributed by atoms with Crippen molar-refractivity contribution in [1.29, 1.82) is 0 Å². The van der Waals surface area contributed by atoms with Crippen LogP contribution in [-0.4, -0.2) is 43.5 Å². The highest BCUT2D eigenvalue weighted by atomic mass is 35.5. The summed E-state index contributed by atoms with van der Waals surface area (Å²) in [5, 5.41) is 13.2. The molecule has 0 unspecified atom stereocenters. The number of benzene rings is 2. The fourth-order valence-corrected chi connectivity index (χ4v) is 7.10. The van der Waals surface area contributed by atoms with Crippen LogP contribution in [0.2, 0.25) is 10.0 Å². The molecule has 3 aromatic rings. The van der Waals surface area contributed by atoms with Crippen LogP contribution in [0.4, 0.5) is 0 Å². The summed E-state index contributed by atoms with van der Waals surface area (Å²) in [5.74, 6) is 0.943. The second kappa shape index (κ2) is 12.4. The number of nitrogens with one attached hydrogen (secondary N) is 3. The van der Waals surface area contributed by atoms with E-state index in [2.05, 4.69) is 67.2 Å². The van der Waals surface area contributed by atoms with E-state index >= 15 is 0 Å². The molecule has 0 bridgehead atoms. The van der Waals surface area contributed by atoms with Gasteiger partial charge in [0.25, 0.3) is 11.8 Å². The van der Waals surface area contributed by atoms with Gasteiger partial charge in [0, 0.05) is 21.2 Å². The number of aromatic nitrogens is 3. The lowest BCUT2D eigenvalue weighted by molar-refractivity contribution is -0.134. The number of hydrogen-bond acceptors (Lipinski definition) is 4. The molecule has 236 valence electrons. The van der Waals surface area contributed by atoms with Gasteiger partial charge in [0.1, 0.15) is 11.4 Å². The van der Waals surface area contributed by atoms with Gasteiger partial charge in [0.2, 0.25) is 0 Å². The lowest BCUT2D eigenvalue weighted by atomic mass is 9.69. The molecule has 1 aliphatic carbocycles. The summed E-state index contributed by atoms with van der Waals surface area (Å²) in [6, 6.07) is 12.7. The van der Waals surface area contributed by atoms with Crippen LogP contribution < -0.4 is 5.32 Å². The number of carbonyl (C=O) groups excluding carboxylic acids is 2. The average molecular weight is 640 g/mol. The van der Waals surface area contributed by atoms with Crippen LogP contribution in [0, 0.1) is 16.7 Å². The second-order valence-corrected chi connectivity index (χ2v) is 15.5. The standard InChI is InChI=1S/C34H44Cl2N6O2/c1-32(2,3)14-13-27(21-7-9-22(10-8-21)30(43)37-20-28-39-41-40-28)42-31(44)29(23-17-25(35)19-26(36)18-23)38-34(42)15-11-24(12-16-34)33(4,5)6/h7-10,17-19,24,27,41H,11-16,20H2,1-6H3,(H,37,43)(H,39,40)/t24?,27-,34?/m1/s1. The van der Waals surface area contributed by atoms with Crippen molar-refractivity contribution in [2.75, 3.05) is 0 Å². The number of nitrogens with zero attached hydrogens (tertiary/aromatic N) is 3. The van der Waals surface area contributed by atoms with E-state index in [1.807, 2.05) is 24.3 Å². The Bertz CT molecular complexity index is 1490. The maximum absolute atomic E-state index is 14.6. The topological polar surface area (TPSA) is 106 Å². The molecule has 10 heteroatoms. The molecule has 2 heterocycles. The zero-order chi connectivity index (χ0) is 31.9. The van der Waals surface area contributed by atoms with Gasteiger partial charge in [-0.25, -0.2) is 5.21 Å². The molecule has 0 saturated heterocycles. The number of hydrogen-bond donors (Lipinski definition) is 3. The predicted octanol–water partition coefficient (Wildman–Crippen LogP) is 8.11. The van der Waals surface area contributed by atoms with Gasteiger partial charge in [0.05, 0.1) is 12.6 Å². The van der Waals surface area contributed by atoms with E-state index in [9.17, 15) is 9.59 Å². The van der Waals surface area contributed by atoms with Crippen molar-refractivity contribution < 1.29 is 9.59 Å². The van der Waals surface area contributed by atoms with E-state index in [0.717, 1.165) is 44.1 Å². The van der Waals surface area contributed by atoms with Crippen molar-refractivity contribution >= 4 is 40.7 Å². The third kappa shape index (κ3) is 7.07. The Balaban J connectivity index is 1.52. The third-order valence-corrected chi connectivity index (χ3v) is 9.62. The number of carbonyl (C=O) groups is 2. The normalized spacial score (nSPS) is 21.5. The van der Waals surface area contributed by atoms with E-state index in [4.69, 9.17) is 28.2 Å². The molecule has 2 amide bonds. The molecule has 5 rings (SSSR count). The first kappa shape index (κ1) is 32.3. The smallest absolute Gasteiger partial charge is 0.275 e. The summed E-state index contributed by atoms with van der Waals surface area (Å²) in [6.45, 7) is 13.9. The van der Waals surface area contributed by atoms with E-state index in [1.165, 1.54) is 0 Å². The van der Waals surface area contributed by atoms with Crippen LogP contribution in [0.1, 0.15) is 113 Å². The number of amides is 2. The van der Waals surface area contributed by atoms with E-state index < -0.39 is 5.66 Å². The van der Waals surface area contributed by atoms with Crippen LogP contribution in [0.5, 0.6) is 0 Å². The minimum atomic E-state index is -0.661. The molecule has 3 N–H and O–H groups in total. The molecule has 1 aliphatic heterocycles. The van der Waals surface area contributed by atoms with Crippen LogP contribution in [0.15, 0.2) is 47.5 Å². The Kier molecular flexibility index (Phi) is 9.07. The largest absolute Gasteiger partial charge is 0.345 e. The first-order valence-corrected chi connectivity index (χ1v) is 16.3. The Morgan fingerprint density at radius 3 is 2.18 bits per heavy atom. The van der Waals surface area contributed by atoms with E-state index in [-0.39, 0.29) is 28.7 Å². The van der Waals surface area contributed by atoms with Gasteiger partial charge in [-0.1, -0.05) is 76.9 Å². The molecular formula is C34H44Cl2N6O2. The lowest BCUT2D eigenvalue weighted by Gasteiger charge is -2.47. The lowest BCUT2D eigenvalue weighted by Crippen LogP contribution is -2.51. The van der Waals surface area contributed by atoms with Crippen LogP contribution >= 0.6 is 23.2 Å². The highest BCUT2D eigenvalue weighted by Crippen LogP contribution is 2.50. The van der Waals surface area contributed by atoms with Crippen LogP contribution in [-0.2, 0) is 11.3 Å². The number of H-pyrrole nitrogens is 2. The number of rotatable bonds is 8. The molecule has 1 fully saturated rings. The predicted molar refractivity (Wildman–Crippen MR) is 176 cm³/mol. The molecule has 1 spiro atoms. The first-order valence-electron chi connectivity index (χ1n) is 15.5. The highest BCUT2D eigenvalue weighted by Gasteiger charge is 2.52. The maximum atomic E-state index is 14.6. The van der Waals surface area contributed by atoms with Crippen molar-refractivity contribution in [3.63, 3.8) is 0 Å². The Labute approximate surface area is 270 Å². The van der Waals surface area contributed by atoms with Gasteiger partial charge in [-0.05, 0) is 91.2 Å². The minimum Gasteiger partial charge on any atom is -0.345 e. The quantitative estimate of drug-likeness (QED) is 0.232. The summed E-state index contributed by atoms with van der Waals surface area (Å²) in [6.07, 6.45) is 5.23. The van der Waals surface area contributed by atoms with Gasteiger partial charge in [0.15, 0.2) is 5.82 Å². The summed E-state index contributed by atoms with van der Waals surface area (Å²) < 4.78 is 0. The molecule has 0 radical (unpaired) electrons. The van der Waals surface area contributed by atoms with Crippen LogP contribution in [0.3, 0.4) is 0 Å². The average Bonchev–Trinajstić information content (AvgIpc) is 3.18. The molecular weight excluding hydrogens is 595 g/mol. The molecule has 2 aliphatic rings. The summed E-state index contributed by atoms with van der Waals surface area (Å²) in [4.78, 5) is 34.8. The van der Waals surface area contributed by atoms with Gasteiger partial charge in [-0.2, -0.15) is 0 Å². The SMILES string of the molecule is CC(C)(C)CC[C@H](c1ccc(C(=O)NCc2n[nH][nH]2)cc1)N1C(=O)C(c2cc(Cl)cc(Cl)c2)=NC12CCC(C(C)(C)C)CC2. The van der Waals surface area contributed by atoms with Gasteiger partial charge in [-0.15, -0.1) is 5.10 Å². The zero-order valence-electron chi connectivity index (χ0n) is 26.6. The summed E-state index contributed by atoms with van der Waals surface area (Å²) >= 11 is 12.8. The number of aromatic amines is 2. The van der Waals surface area contributed by atoms with Crippen LogP contribution in [0.25, 0.3) is 0 Å². The highest BCUT2D eigenvalue weighted by molar-refractivity contribution is 6.47. The van der Waals surface area contributed by atoms with Gasteiger partial charge in [-0.3, -0.25) is 19.7 Å². The fourth-order valence-electron chi connectivity index (χ4n) is 6.58. The Morgan fingerprint density at radius 2 is 1.66 bits per heavy atom. The van der Waals surface area contributed by atoms with Crippen molar-refractivity contribution in [3.8, 4) is 0 Å². The molecule has 1 saturated carbocycles. The first-order chi connectivity index (χ1) is 20.6. The Morgan fingerprint density at radius 1 is 1.05 bits per heavy atom. The molecule has 2 aromatic carbocycles. The second-order valence-electron chi connectivity index (χ2n) is 14.6. The van der Waals surface area contributed by atoms with Crippen molar-refractivity contribution in [2.45, 2.75) is 98.3 Å². The fraction of sp³-hybridized carbons (Fsp3) is 0.529. The maximum Gasteiger partial charge on any atom is 0.275 e. The monoisotopic (exact) mass is 638 g/mol. The third-order valence-electron chi connectivity index (χ3n) is 9.18. The van der Waals surface area contributed by atoms with Gasteiger partial charge >= 0.3 is 0 Å². The summed E-state index contributed by atoms with van der Waals surface area (Å²) in [5.41, 5.74) is 2.20. The summed E-state index contributed by atoms with van der Waals surface area (Å²) in [7, 11) is 0. The molecule has 1 atom stereocenters. The van der Waals surface area contributed by atoms with Crippen molar-refractivity contribution in [3.05, 3.63) is 75.0 Å².